The van der Waals surface area contributed by atoms with Gasteiger partial charge in [0.25, 0.3) is 0 Å². The Hall–Kier alpha value is -0.990. The smallest absolute Gasteiger partial charge is 0.167 e. The van der Waals surface area contributed by atoms with Gasteiger partial charge in [-0.1, -0.05) is 18.7 Å². The lowest BCUT2D eigenvalue weighted by atomic mass is 10.4. The van der Waals surface area contributed by atoms with Gasteiger partial charge < -0.3 is 9.88 Å². The van der Waals surface area contributed by atoms with E-state index in [-0.39, 0.29) is 6.04 Å². The molecule has 0 aliphatic carbocycles. The van der Waals surface area contributed by atoms with Gasteiger partial charge in [0.05, 0.1) is 6.07 Å². The molecule has 0 aliphatic heterocycles. The van der Waals surface area contributed by atoms with Crippen molar-refractivity contribution in [3.63, 3.8) is 0 Å². The summed E-state index contributed by atoms with van der Waals surface area (Å²) in [6.07, 6.45) is 3.66. The van der Waals surface area contributed by atoms with Crippen molar-refractivity contribution >= 4 is 11.8 Å². The molecule has 0 bridgehead atoms. The number of thioether (sulfide) groups is 1. The minimum atomic E-state index is -0.0956. The predicted octanol–water partition coefficient (Wildman–Crippen LogP) is 1.01. The quantitative estimate of drug-likeness (QED) is 0.737. The second-order valence-corrected chi connectivity index (χ2v) is 3.86. The average molecular weight is 210 g/mol. The van der Waals surface area contributed by atoms with Crippen molar-refractivity contribution in [1.29, 1.82) is 5.26 Å². The molecule has 0 amide bonds. The van der Waals surface area contributed by atoms with E-state index >= 15 is 0 Å². The zero-order valence-electron chi connectivity index (χ0n) is 8.40. The number of imidazole rings is 1. The summed E-state index contributed by atoms with van der Waals surface area (Å²) in [7, 11) is 1.95. The minimum absolute atomic E-state index is 0.0956. The lowest BCUT2D eigenvalue weighted by molar-refractivity contribution is 0.675. The monoisotopic (exact) mass is 210 g/mol. The summed E-state index contributed by atoms with van der Waals surface area (Å²) in [4.78, 5) is 4.17. The molecular weight excluding hydrogens is 196 g/mol. The number of hydrogen-bond acceptors (Lipinski definition) is 4. The molecule has 0 radical (unpaired) electrons. The lowest BCUT2D eigenvalue weighted by Crippen LogP contribution is -2.29. The molecule has 1 unspecified atom stereocenters. The maximum absolute atomic E-state index is 8.80. The third kappa shape index (κ3) is 3.05. The molecule has 0 saturated heterocycles. The van der Waals surface area contributed by atoms with Crippen LogP contribution in [0.5, 0.6) is 0 Å². The van der Waals surface area contributed by atoms with E-state index < -0.39 is 0 Å². The second kappa shape index (κ2) is 5.68. The van der Waals surface area contributed by atoms with E-state index in [9.17, 15) is 0 Å². The summed E-state index contributed by atoms with van der Waals surface area (Å²) in [5.41, 5.74) is 0. The van der Waals surface area contributed by atoms with E-state index in [1.54, 1.807) is 18.0 Å². The van der Waals surface area contributed by atoms with Crippen LogP contribution in [0, 0.1) is 11.3 Å². The number of aromatic nitrogens is 2. The number of aryl methyl sites for hydroxylation is 1. The summed E-state index contributed by atoms with van der Waals surface area (Å²) in [6.45, 7) is 2.81. The van der Waals surface area contributed by atoms with Crippen LogP contribution in [0.3, 0.4) is 0 Å². The van der Waals surface area contributed by atoms with Crippen LogP contribution in [0.15, 0.2) is 17.6 Å². The van der Waals surface area contributed by atoms with Crippen molar-refractivity contribution in [3.8, 4) is 6.07 Å². The normalized spacial score (nSPS) is 12.4. The molecule has 0 saturated carbocycles. The molecule has 76 valence electrons. The molecule has 0 fully saturated rings. The summed E-state index contributed by atoms with van der Waals surface area (Å²) >= 11 is 1.59. The van der Waals surface area contributed by atoms with E-state index in [1.807, 2.05) is 24.7 Å². The standard InChI is InChI=1S/C9H14N4S/c1-3-11-8(6-10)7-14-9-12-4-5-13(9)2/h4-5,8,11H,3,7H2,1-2H3. The SMILES string of the molecule is CCNC(C#N)CSc1nccn1C. The highest BCUT2D eigenvalue weighted by Gasteiger charge is 2.07. The van der Waals surface area contributed by atoms with Gasteiger partial charge in [0.1, 0.15) is 6.04 Å². The van der Waals surface area contributed by atoms with Crippen LogP contribution >= 0.6 is 11.8 Å². The molecule has 1 aromatic rings. The summed E-state index contributed by atoms with van der Waals surface area (Å²) in [6, 6.07) is 2.12. The summed E-state index contributed by atoms with van der Waals surface area (Å²) in [5.74, 6) is 0.731. The Bertz CT molecular complexity index is 315. The third-order valence-corrected chi connectivity index (χ3v) is 2.91. The Balaban J connectivity index is 2.40. The minimum Gasteiger partial charge on any atom is -0.329 e. The van der Waals surface area contributed by atoms with Gasteiger partial charge in [0, 0.05) is 25.2 Å². The van der Waals surface area contributed by atoms with Crippen LogP contribution in [-0.4, -0.2) is 27.9 Å². The Labute approximate surface area is 88.3 Å². The molecule has 5 heteroatoms. The summed E-state index contributed by atoms with van der Waals surface area (Å²) in [5, 5.41) is 12.8. The maximum Gasteiger partial charge on any atom is 0.167 e. The van der Waals surface area contributed by atoms with Gasteiger partial charge in [-0.3, -0.25) is 0 Å². The van der Waals surface area contributed by atoms with E-state index in [0.717, 1.165) is 17.5 Å². The van der Waals surface area contributed by atoms with Gasteiger partial charge in [0.15, 0.2) is 5.16 Å². The number of rotatable bonds is 5. The van der Waals surface area contributed by atoms with Crippen molar-refractivity contribution in [2.24, 2.45) is 7.05 Å². The molecule has 0 aliphatic rings. The fraction of sp³-hybridized carbons (Fsp3) is 0.556. The van der Waals surface area contributed by atoms with Gasteiger partial charge in [-0.05, 0) is 6.54 Å². The molecule has 1 heterocycles. The molecule has 1 N–H and O–H groups in total. The van der Waals surface area contributed by atoms with Gasteiger partial charge in [-0.2, -0.15) is 5.26 Å². The highest BCUT2D eigenvalue weighted by Crippen LogP contribution is 2.14. The highest BCUT2D eigenvalue weighted by molar-refractivity contribution is 7.99. The molecule has 1 aromatic heterocycles. The Morgan fingerprint density at radius 2 is 2.57 bits per heavy atom. The van der Waals surface area contributed by atoms with Gasteiger partial charge in [-0.15, -0.1) is 0 Å². The molecule has 0 spiro atoms. The van der Waals surface area contributed by atoms with Crippen molar-refractivity contribution in [3.05, 3.63) is 12.4 Å². The largest absolute Gasteiger partial charge is 0.329 e. The van der Waals surface area contributed by atoms with Crippen LogP contribution < -0.4 is 5.32 Å². The third-order valence-electron chi connectivity index (χ3n) is 1.76. The maximum atomic E-state index is 8.80. The Morgan fingerprint density at radius 3 is 3.07 bits per heavy atom. The molecule has 1 rings (SSSR count). The molecule has 1 atom stereocenters. The number of nitrogens with zero attached hydrogens (tertiary/aromatic N) is 3. The van der Waals surface area contributed by atoms with Crippen LogP contribution in [-0.2, 0) is 7.05 Å². The first kappa shape index (κ1) is 11.1. The predicted molar refractivity (Wildman–Crippen MR) is 57.0 cm³/mol. The zero-order valence-corrected chi connectivity index (χ0v) is 9.21. The average Bonchev–Trinajstić information content (AvgIpc) is 2.59. The fourth-order valence-corrected chi connectivity index (χ4v) is 1.95. The van der Waals surface area contributed by atoms with Crippen molar-refractivity contribution in [2.75, 3.05) is 12.3 Å². The van der Waals surface area contributed by atoms with E-state index in [2.05, 4.69) is 16.4 Å². The van der Waals surface area contributed by atoms with Crippen LogP contribution in [0.4, 0.5) is 0 Å². The van der Waals surface area contributed by atoms with Gasteiger partial charge in [-0.25, -0.2) is 4.98 Å². The molecule has 14 heavy (non-hydrogen) atoms. The number of nitrogens with one attached hydrogen (secondary N) is 1. The first-order valence-electron chi connectivity index (χ1n) is 4.51. The zero-order chi connectivity index (χ0) is 10.4. The van der Waals surface area contributed by atoms with Crippen molar-refractivity contribution in [1.82, 2.24) is 14.9 Å². The fourth-order valence-electron chi connectivity index (χ4n) is 1.04. The first-order valence-corrected chi connectivity index (χ1v) is 5.49. The van der Waals surface area contributed by atoms with Gasteiger partial charge in [0.2, 0.25) is 0 Å². The second-order valence-electron chi connectivity index (χ2n) is 2.87. The first-order chi connectivity index (χ1) is 6.77. The number of hydrogen-bond donors (Lipinski definition) is 1. The van der Waals surface area contributed by atoms with Crippen LogP contribution in [0.25, 0.3) is 0 Å². The van der Waals surface area contributed by atoms with Crippen LogP contribution in [0.1, 0.15) is 6.92 Å². The van der Waals surface area contributed by atoms with Gasteiger partial charge >= 0.3 is 0 Å². The van der Waals surface area contributed by atoms with Crippen molar-refractivity contribution in [2.45, 2.75) is 18.1 Å². The molecular formula is C9H14N4S. The Kier molecular flexibility index (Phi) is 4.50. The van der Waals surface area contributed by atoms with Crippen molar-refractivity contribution < 1.29 is 0 Å². The summed E-state index contributed by atoms with van der Waals surface area (Å²) < 4.78 is 1.95. The number of nitriles is 1. The Morgan fingerprint density at radius 1 is 1.79 bits per heavy atom. The lowest BCUT2D eigenvalue weighted by Gasteiger charge is -2.08. The highest BCUT2D eigenvalue weighted by atomic mass is 32.2. The van der Waals surface area contributed by atoms with E-state index in [1.165, 1.54) is 0 Å². The van der Waals surface area contributed by atoms with E-state index in [0.29, 0.717) is 0 Å². The molecule has 0 aromatic carbocycles. The van der Waals surface area contributed by atoms with Crippen LogP contribution in [0.2, 0.25) is 0 Å². The molecule has 4 nitrogen and oxygen atoms in total. The topological polar surface area (TPSA) is 53.6 Å². The van der Waals surface area contributed by atoms with E-state index in [4.69, 9.17) is 5.26 Å².